The second-order valence-corrected chi connectivity index (χ2v) is 8.81. The summed E-state index contributed by atoms with van der Waals surface area (Å²) in [6, 6.07) is 0. The molecule has 2 saturated heterocycles. The van der Waals surface area contributed by atoms with E-state index in [-0.39, 0.29) is 0 Å². The van der Waals surface area contributed by atoms with E-state index in [4.69, 9.17) is 0 Å². The molecule has 1 atom stereocenters. The van der Waals surface area contributed by atoms with Crippen LogP contribution in [0.15, 0.2) is 0 Å². The van der Waals surface area contributed by atoms with Crippen molar-refractivity contribution in [1.82, 2.24) is 5.32 Å². The van der Waals surface area contributed by atoms with Gasteiger partial charge in [-0.1, -0.05) is 45.4 Å². The van der Waals surface area contributed by atoms with Crippen molar-refractivity contribution < 1.29 is 8.42 Å². The van der Waals surface area contributed by atoms with Crippen LogP contribution in [-0.4, -0.2) is 33.0 Å². The van der Waals surface area contributed by atoms with Crippen LogP contribution in [0.25, 0.3) is 0 Å². The van der Waals surface area contributed by atoms with Gasteiger partial charge in [-0.15, -0.1) is 0 Å². The van der Waals surface area contributed by atoms with E-state index >= 15 is 0 Å². The third-order valence-electron chi connectivity index (χ3n) is 5.08. The van der Waals surface area contributed by atoms with Crippen molar-refractivity contribution in [1.29, 1.82) is 0 Å². The van der Waals surface area contributed by atoms with E-state index in [2.05, 4.69) is 12.2 Å². The second-order valence-electron chi connectivity index (χ2n) is 6.58. The van der Waals surface area contributed by atoms with Gasteiger partial charge in [0.1, 0.15) is 0 Å². The first-order chi connectivity index (χ1) is 9.08. The summed E-state index contributed by atoms with van der Waals surface area (Å²) in [7, 11) is -2.73. The molecule has 4 heteroatoms. The Kier molecular flexibility index (Phi) is 5.29. The second kappa shape index (κ2) is 6.57. The Hall–Kier alpha value is -0.0900. The molecule has 2 aliphatic rings. The van der Waals surface area contributed by atoms with Crippen LogP contribution in [0.2, 0.25) is 0 Å². The first-order valence-corrected chi connectivity index (χ1v) is 9.81. The third kappa shape index (κ3) is 3.94. The Labute approximate surface area is 118 Å². The lowest BCUT2D eigenvalue weighted by molar-refractivity contribution is 0.0770. The van der Waals surface area contributed by atoms with E-state index in [9.17, 15) is 8.42 Å². The lowest BCUT2D eigenvalue weighted by Crippen LogP contribution is -2.57. The summed E-state index contributed by atoms with van der Waals surface area (Å²) in [5.74, 6) is 1.30. The Morgan fingerprint density at radius 3 is 2.32 bits per heavy atom. The summed E-state index contributed by atoms with van der Waals surface area (Å²) in [5.41, 5.74) is 0.314. The van der Waals surface area contributed by atoms with E-state index < -0.39 is 9.84 Å². The fraction of sp³-hybridized carbons (Fsp3) is 1.00. The number of hydrogen-bond acceptors (Lipinski definition) is 3. The minimum absolute atomic E-state index is 0.314. The van der Waals surface area contributed by atoms with Gasteiger partial charge in [0.25, 0.3) is 0 Å². The van der Waals surface area contributed by atoms with Gasteiger partial charge < -0.3 is 5.32 Å². The van der Waals surface area contributed by atoms with E-state index in [0.29, 0.717) is 22.8 Å². The first kappa shape index (κ1) is 15.3. The van der Waals surface area contributed by atoms with Gasteiger partial charge in [0.2, 0.25) is 0 Å². The quantitative estimate of drug-likeness (QED) is 0.698. The molecular formula is C15H29NO2S. The van der Waals surface area contributed by atoms with Crippen LogP contribution in [-0.2, 0) is 9.84 Å². The molecule has 2 fully saturated rings. The fourth-order valence-corrected chi connectivity index (χ4v) is 5.59. The molecule has 19 heavy (non-hydrogen) atoms. The molecule has 2 aliphatic heterocycles. The van der Waals surface area contributed by atoms with E-state index in [1.807, 2.05) is 0 Å². The van der Waals surface area contributed by atoms with Crippen molar-refractivity contribution in [3.63, 3.8) is 0 Å². The highest BCUT2D eigenvalue weighted by atomic mass is 32.2. The maximum atomic E-state index is 11.7. The molecule has 0 spiro atoms. The molecule has 0 saturated carbocycles. The largest absolute Gasteiger partial charge is 0.316 e. The molecule has 0 aromatic rings. The van der Waals surface area contributed by atoms with Gasteiger partial charge in [-0.3, -0.25) is 0 Å². The molecule has 0 bridgehead atoms. The molecule has 112 valence electrons. The van der Waals surface area contributed by atoms with Crippen molar-refractivity contribution in [2.24, 2.45) is 11.3 Å². The van der Waals surface area contributed by atoms with Crippen LogP contribution >= 0.6 is 0 Å². The molecule has 0 amide bonds. The van der Waals surface area contributed by atoms with Crippen LogP contribution in [0.1, 0.15) is 58.3 Å². The minimum Gasteiger partial charge on any atom is -0.316 e. The van der Waals surface area contributed by atoms with Crippen LogP contribution in [0.3, 0.4) is 0 Å². The van der Waals surface area contributed by atoms with Crippen LogP contribution < -0.4 is 5.32 Å². The van der Waals surface area contributed by atoms with Gasteiger partial charge in [-0.25, -0.2) is 8.42 Å². The molecule has 0 aromatic carbocycles. The molecule has 3 nitrogen and oxygen atoms in total. The van der Waals surface area contributed by atoms with Gasteiger partial charge >= 0.3 is 0 Å². The first-order valence-electron chi connectivity index (χ1n) is 7.99. The molecule has 2 rings (SSSR count). The molecule has 1 unspecified atom stereocenters. The van der Waals surface area contributed by atoms with Crippen molar-refractivity contribution in [2.45, 2.75) is 58.3 Å². The normalized spacial score (nSPS) is 28.2. The number of unbranched alkanes of at least 4 members (excludes halogenated alkanes) is 5. The monoisotopic (exact) mass is 287 g/mol. The summed E-state index contributed by atoms with van der Waals surface area (Å²) in [6.07, 6.45) is 10.1. The number of nitrogens with one attached hydrogen (secondary N) is 1. The topological polar surface area (TPSA) is 46.2 Å². The standard InChI is InChI=1S/C15H29NO2S/c1-2-3-4-5-6-7-9-15(12-16-13-15)14-8-10-19(17,18)11-14/h14,16H,2-13H2,1H3. The highest BCUT2D eigenvalue weighted by Crippen LogP contribution is 2.43. The molecular weight excluding hydrogens is 258 g/mol. The summed E-state index contributed by atoms with van der Waals surface area (Å²) in [4.78, 5) is 0. The maximum Gasteiger partial charge on any atom is 0.150 e. The summed E-state index contributed by atoms with van der Waals surface area (Å²) in [5, 5.41) is 3.37. The van der Waals surface area contributed by atoms with Crippen LogP contribution in [0.5, 0.6) is 0 Å². The highest BCUT2D eigenvalue weighted by Gasteiger charge is 2.47. The van der Waals surface area contributed by atoms with E-state index in [1.54, 1.807) is 0 Å². The molecule has 0 radical (unpaired) electrons. The Balaban J connectivity index is 1.73. The maximum absolute atomic E-state index is 11.7. The lowest BCUT2D eigenvalue weighted by Gasteiger charge is -2.47. The van der Waals surface area contributed by atoms with Gasteiger partial charge in [0.15, 0.2) is 9.84 Å². The van der Waals surface area contributed by atoms with Gasteiger partial charge in [-0.2, -0.15) is 0 Å². The fourth-order valence-electron chi connectivity index (χ4n) is 3.65. The highest BCUT2D eigenvalue weighted by molar-refractivity contribution is 7.91. The Morgan fingerprint density at radius 2 is 1.79 bits per heavy atom. The average molecular weight is 287 g/mol. The van der Waals surface area contributed by atoms with Crippen molar-refractivity contribution in [2.75, 3.05) is 24.6 Å². The summed E-state index contributed by atoms with van der Waals surface area (Å²) in [6.45, 7) is 4.33. The van der Waals surface area contributed by atoms with Gasteiger partial charge in [0, 0.05) is 13.1 Å². The third-order valence-corrected chi connectivity index (χ3v) is 6.85. The van der Waals surface area contributed by atoms with Crippen molar-refractivity contribution >= 4 is 9.84 Å². The smallest absolute Gasteiger partial charge is 0.150 e. The average Bonchev–Trinajstić information content (AvgIpc) is 2.67. The van der Waals surface area contributed by atoms with E-state index in [1.165, 1.54) is 44.9 Å². The lowest BCUT2D eigenvalue weighted by atomic mass is 9.67. The molecule has 0 aliphatic carbocycles. The molecule has 0 aromatic heterocycles. The zero-order valence-electron chi connectivity index (χ0n) is 12.3. The molecule has 1 N–H and O–H groups in total. The number of hydrogen-bond donors (Lipinski definition) is 1. The minimum atomic E-state index is -2.73. The predicted molar refractivity (Wildman–Crippen MR) is 80.1 cm³/mol. The van der Waals surface area contributed by atoms with Crippen LogP contribution in [0.4, 0.5) is 0 Å². The van der Waals surface area contributed by atoms with E-state index in [0.717, 1.165) is 19.5 Å². The van der Waals surface area contributed by atoms with Gasteiger partial charge in [-0.05, 0) is 24.2 Å². The van der Waals surface area contributed by atoms with Gasteiger partial charge in [0.05, 0.1) is 11.5 Å². The zero-order valence-corrected chi connectivity index (χ0v) is 13.1. The summed E-state index contributed by atoms with van der Waals surface area (Å²) < 4.78 is 23.3. The zero-order chi connectivity index (χ0) is 13.8. The summed E-state index contributed by atoms with van der Waals surface area (Å²) >= 11 is 0. The molecule has 2 heterocycles. The van der Waals surface area contributed by atoms with Crippen molar-refractivity contribution in [3.05, 3.63) is 0 Å². The van der Waals surface area contributed by atoms with Crippen LogP contribution in [0, 0.1) is 11.3 Å². The Morgan fingerprint density at radius 1 is 1.11 bits per heavy atom. The number of rotatable bonds is 8. The SMILES string of the molecule is CCCCCCCCC1(C2CCS(=O)(=O)C2)CNC1. The number of sulfone groups is 1. The Bertz CT molecular complexity index is 374. The predicted octanol–water partition coefficient (Wildman–Crippen LogP) is 2.76. The van der Waals surface area contributed by atoms with Crippen molar-refractivity contribution in [3.8, 4) is 0 Å².